The Labute approximate surface area is 186 Å². The Hall–Kier alpha value is -4.31. The summed E-state index contributed by atoms with van der Waals surface area (Å²) < 4.78 is 7.24. The molecule has 0 aliphatic rings. The van der Waals surface area contributed by atoms with Crippen LogP contribution in [-0.2, 0) is 4.79 Å². The number of nitriles is 1. The molecule has 0 fully saturated rings. The number of benzene rings is 2. The Morgan fingerprint density at radius 2 is 1.88 bits per heavy atom. The van der Waals surface area contributed by atoms with Gasteiger partial charge >= 0.3 is 0 Å². The number of aromatic nitrogens is 1. The Morgan fingerprint density at radius 3 is 2.50 bits per heavy atom. The maximum atomic E-state index is 12.6. The number of nitrogens with zero attached hydrogens (tertiary/aromatic N) is 2. The fraction of sp³-hybridized carbons (Fsp3) is 0.160. The number of aryl methyl sites for hydroxylation is 1. The van der Waals surface area contributed by atoms with Gasteiger partial charge in [0.1, 0.15) is 17.4 Å². The molecule has 3 aromatic rings. The Morgan fingerprint density at radius 1 is 1.16 bits per heavy atom. The van der Waals surface area contributed by atoms with Crippen molar-refractivity contribution < 1.29 is 19.4 Å². The first-order valence-corrected chi connectivity index (χ1v) is 10.0. The zero-order valence-electron chi connectivity index (χ0n) is 18.0. The monoisotopic (exact) mass is 428 g/mol. The van der Waals surface area contributed by atoms with E-state index in [2.05, 4.69) is 5.32 Å². The predicted octanol–water partition coefficient (Wildman–Crippen LogP) is 3.40. The number of carbonyl (C=O) groups is 2. The number of rotatable bonds is 7. The number of ether oxygens (including phenoxy) is 1. The molecule has 3 rings (SSSR count). The second kappa shape index (κ2) is 9.67. The first-order chi connectivity index (χ1) is 15.3. The van der Waals surface area contributed by atoms with Crippen LogP contribution >= 0.6 is 0 Å². The summed E-state index contributed by atoms with van der Waals surface area (Å²) in [5.74, 6) is -1.09. The van der Waals surface area contributed by atoms with Crippen molar-refractivity contribution in [2.75, 3.05) is 11.9 Å². The molecule has 7 nitrogen and oxygen atoms in total. The van der Waals surface area contributed by atoms with E-state index in [0.717, 1.165) is 11.4 Å². The van der Waals surface area contributed by atoms with Gasteiger partial charge in [0.25, 0.3) is 5.91 Å². The molecule has 1 amide bonds. The van der Waals surface area contributed by atoms with Gasteiger partial charge in [-0.25, -0.2) is 0 Å². The van der Waals surface area contributed by atoms with Crippen LogP contribution in [0.1, 0.15) is 34.2 Å². The molecule has 0 spiro atoms. The van der Waals surface area contributed by atoms with Gasteiger partial charge in [-0.3, -0.25) is 4.79 Å². The van der Waals surface area contributed by atoms with E-state index in [1.165, 1.54) is 18.2 Å². The van der Waals surface area contributed by atoms with Crippen molar-refractivity contribution in [1.82, 2.24) is 4.57 Å². The van der Waals surface area contributed by atoms with Crippen molar-refractivity contribution in [3.05, 3.63) is 82.7 Å². The highest BCUT2D eigenvalue weighted by molar-refractivity contribution is 6.09. The number of aromatic carboxylic acids is 1. The topological polar surface area (TPSA) is 107 Å². The average Bonchev–Trinajstić information content (AvgIpc) is 3.06. The molecule has 0 saturated carbocycles. The maximum Gasteiger partial charge on any atom is 0.266 e. The summed E-state index contributed by atoms with van der Waals surface area (Å²) in [5.41, 5.74) is 3.48. The van der Waals surface area contributed by atoms with E-state index in [9.17, 15) is 20.0 Å². The summed E-state index contributed by atoms with van der Waals surface area (Å²) in [5, 5.41) is 23.5. The van der Waals surface area contributed by atoms with Crippen molar-refractivity contribution in [3.63, 3.8) is 0 Å². The van der Waals surface area contributed by atoms with E-state index < -0.39 is 11.9 Å². The normalized spacial score (nSPS) is 11.0. The van der Waals surface area contributed by atoms with Crippen molar-refractivity contribution in [2.24, 2.45) is 0 Å². The van der Waals surface area contributed by atoms with Crippen LogP contribution in [0.3, 0.4) is 0 Å². The molecular formula is C25H22N3O4-. The van der Waals surface area contributed by atoms with Gasteiger partial charge in [-0.1, -0.05) is 12.1 Å². The molecule has 0 atom stereocenters. The van der Waals surface area contributed by atoms with Crippen LogP contribution in [0.25, 0.3) is 11.8 Å². The highest BCUT2D eigenvalue weighted by atomic mass is 16.5. The molecule has 0 radical (unpaired) electrons. The number of anilines is 1. The number of amides is 1. The Kier molecular flexibility index (Phi) is 6.76. The second-order valence-corrected chi connectivity index (χ2v) is 7.08. The zero-order valence-corrected chi connectivity index (χ0v) is 18.0. The summed E-state index contributed by atoms with van der Waals surface area (Å²) in [7, 11) is 0. The lowest BCUT2D eigenvalue weighted by molar-refractivity contribution is -0.255. The molecule has 1 heterocycles. The second-order valence-electron chi connectivity index (χ2n) is 7.08. The van der Waals surface area contributed by atoms with Crippen LogP contribution in [0.4, 0.5) is 5.69 Å². The molecule has 7 heteroatoms. The van der Waals surface area contributed by atoms with Gasteiger partial charge in [-0.2, -0.15) is 5.26 Å². The SMILES string of the molecule is CCOc1ccc(NC(=O)C(C#N)=Cc2cc(C)n(-c3cccc(C(=O)[O-])c3)c2C)cc1. The van der Waals surface area contributed by atoms with Crippen molar-refractivity contribution >= 4 is 23.6 Å². The first kappa shape index (κ1) is 22.4. The molecule has 0 aliphatic carbocycles. The maximum absolute atomic E-state index is 12.6. The molecule has 1 N–H and O–H groups in total. The Balaban J connectivity index is 1.88. The van der Waals surface area contributed by atoms with Gasteiger partial charge in [0, 0.05) is 22.8 Å². The molecule has 32 heavy (non-hydrogen) atoms. The van der Waals surface area contributed by atoms with Crippen LogP contribution in [0, 0.1) is 25.2 Å². The summed E-state index contributed by atoms with van der Waals surface area (Å²) >= 11 is 0. The van der Waals surface area contributed by atoms with Gasteiger partial charge in [0.05, 0.1) is 12.6 Å². The van der Waals surface area contributed by atoms with Gasteiger partial charge in [-0.15, -0.1) is 0 Å². The standard InChI is InChI=1S/C25H23N3O4/c1-4-32-23-10-8-21(9-11-23)27-24(29)20(15-26)13-19-12-16(2)28(17(19)3)22-7-5-6-18(14-22)25(30)31/h5-14H,4H2,1-3H3,(H,27,29)(H,30,31)/p-1. The molecule has 0 saturated heterocycles. The third-order valence-corrected chi connectivity index (χ3v) is 4.90. The van der Waals surface area contributed by atoms with Crippen LogP contribution in [0.2, 0.25) is 0 Å². The van der Waals surface area contributed by atoms with E-state index >= 15 is 0 Å². The number of carboxylic acid groups (broad SMARTS) is 1. The summed E-state index contributed by atoms with van der Waals surface area (Å²) in [6.07, 6.45) is 1.52. The number of hydrogen-bond donors (Lipinski definition) is 1. The minimum Gasteiger partial charge on any atom is -0.545 e. The Bertz CT molecular complexity index is 1230. The number of carboxylic acids is 1. The highest BCUT2D eigenvalue weighted by Gasteiger charge is 2.14. The van der Waals surface area contributed by atoms with Crippen molar-refractivity contribution in [1.29, 1.82) is 5.26 Å². The van der Waals surface area contributed by atoms with Crippen LogP contribution in [0.5, 0.6) is 5.75 Å². The molecular weight excluding hydrogens is 406 g/mol. The highest BCUT2D eigenvalue weighted by Crippen LogP contribution is 2.24. The average molecular weight is 428 g/mol. The van der Waals surface area contributed by atoms with E-state index in [1.807, 2.05) is 37.5 Å². The molecule has 2 aromatic carbocycles. The van der Waals surface area contributed by atoms with Crippen molar-refractivity contribution in [3.8, 4) is 17.5 Å². The third kappa shape index (κ3) is 4.87. The summed E-state index contributed by atoms with van der Waals surface area (Å²) in [6.45, 7) is 6.13. The van der Waals surface area contributed by atoms with Gasteiger partial charge in [0.15, 0.2) is 0 Å². The predicted molar refractivity (Wildman–Crippen MR) is 119 cm³/mol. The minimum absolute atomic E-state index is 0.0531. The fourth-order valence-corrected chi connectivity index (χ4v) is 3.41. The van der Waals surface area contributed by atoms with Crippen LogP contribution < -0.4 is 15.2 Å². The fourth-order valence-electron chi connectivity index (χ4n) is 3.41. The lowest BCUT2D eigenvalue weighted by Crippen LogP contribution is -2.22. The van der Waals surface area contributed by atoms with E-state index in [4.69, 9.17) is 4.74 Å². The lowest BCUT2D eigenvalue weighted by atomic mass is 10.1. The molecule has 0 unspecified atom stereocenters. The number of nitrogens with one attached hydrogen (secondary N) is 1. The van der Waals surface area contributed by atoms with Gasteiger partial charge in [0.2, 0.25) is 0 Å². The van der Waals surface area contributed by atoms with E-state index in [0.29, 0.717) is 29.3 Å². The summed E-state index contributed by atoms with van der Waals surface area (Å²) in [6, 6.07) is 17.1. The lowest BCUT2D eigenvalue weighted by Gasteiger charge is -2.12. The molecule has 1 aromatic heterocycles. The smallest absolute Gasteiger partial charge is 0.266 e. The molecule has 0 aliphatic heterocycles. The van der Waals surface area contributed by atoms with Crippen LogP contribution in [0.15, 0.2) is 60.2 Å². The van der Waals surface area contributed by atoms with E-state index in [1.54, 1.807) is 36.4 Å². The van der Waals surface area contributed by atoms with Gasteiger partial charge in [-0.05, 0) is 80.4 Å². The van der Waals surface area contributed by atoms with E-state index in [-0.39, 0.29) is 11.1 Å². The molecule has 0 bridgehead atoms. The quantitative estimate of drug-likeness (QED) is 0.458. The van der Waals surface area contributed by atoms with Crippen molar-refractivity contribution in [2.45, 2.75) is 20.8 Å². The summed E-state index contributed by atoms with van der Waals surface area (Å²) in [4.78, 5) is 23.8. The minimum atomic E-state index is -1.26. The first-order valence-electron chi connectivity index (χ1n) is 10.0. The zero-order chi connectivity index (χ0) is 23.3. The number of hydrogen-bond acceptors (Lipinski definition) is 5. The van der Waals surface area contributed by atoms with Gasteiger partial charge < -0.3 is 24.5 Å². The molecule has 162 valence electrons. The number of carbonyl (C=O) groups excluding carboxylic acids is 2. The third-order valence-electron chi connectivity index (χ3n) is 4.90. The largest absolute Gasteiger partial charge is 0.545 e. The van der Waals surface area contributed by atoms with Crippen LogP contribution in [-0.4, -0.2) is 23.1 Å².